The summed E-state index contributed by atoms with van der Waals surface area (Å²) in [5.74, 6) is 0.855. The quantitative estimate of drug-likeness (QED) is 0.756. The van der Waals surface area contributed by atoms with Gasteiger partial charge in [-0.1, -0.05) is 31.4 Å². The van der Waals surface area contributed by atoms with Crippen molar-refractivity contribution in [2.45, 2.75) is 51.0 Å². The molecule has 1 N–H and O–H groups in total. The van der Waals surface area contributed by atoms with Gasteiger partial charge in [-0.15, -0.1) is 0 Å². The minimum Gasteiger partial charge on any atom is -0.342 e. The molecule has 1 aliphatic carbocycles. The molecule has 8 nitrogen and oxygen atoms in total. The Morgan fingerprint density at radius 3 is 2.53 bits per heavy atom. The number of piperazine rings is 1. The number of carbonyl (C=O) groups excluding carboxylic acids is 1. The maximum absolute atomic E-state index is 13.0. The average Bonchev–Trinajstić information content (AvgIpc) is 3.20. The lowest BCUT2D eigenvalue weighted by Crippen LogP contribution is -2.55. The number of benzene rings is 1. The first-order chi connectivity index (χ1) is 14.4. The van der Waals surface area contributed by atoms with E-state index in [0.29, 0.717) is 39.0 Å². The normalized spacial score (nSPS) is 19.6. The van der Waals surface area contributed by atoms with Crippen molar-refractivity contribution in [3.05, 3.63) is 30.1 Å². The fourth-order valence-electron chi connectivity index (χ4n) is 4.49. The summed E-state index contributed by atoms with van der Waals surface area (Å²) in [4.78, 5) is 22.2. The second kappa shape index (κ2) is 9.03. The predicted octanol–water partition coefficient (Wildman–Crippen LogP) is 2.15. The monoisotopic (exact) mass is 433 g/mol. The molecule has 0 radical (unpaired) electrons. The summed E-state index contributed by atoms with van der Waals surface area (Å²) >= 11 is 0. The number of H-pyrrole nitrogens is 1. The number of rotatable bonds is 6. The van der Waals surface area contributed by atoms with Crippen LogP contribution in [0.25, 0.3) is 11.0 Å². The topological polar surface area (TPSA) is 89.6 Å². The molecule has 1 saturated heterocycles. The Hall–Kier alpha value is -1.97. The van der Waals surface area contributed by atoms with Crippen molar-refractivity contribution in [1.82, 2.24) is 23.5 Å². The highest BCUT2D eigenvalue weighted by Gasteiger charge is 2.35. The summed E-state index contributed by atoms with van der Waals surface area (Å²) in [5, 5.41) is 0. The number of hydrogen-bond acceptors (Lipinski definition) is 4. The van der Waals surface area contributed by atoms with Gasteiger partial charge in [0.05, 0.1) is 11.0 Å². The lowest BCUT2D eigenvalue weighted by Gasteiger charge is -2.38. The van der Waals surface area contributed by atoms with E-state index in [1.54, 1.807) is 16.3 Å². The van der Waals surface area contributed by atoms with E-state index in [0.717, 1.165) is 42.5 Å². The molecule has 0 spiro atoms. The number of nitrogens with one attached hydrogen (secondary N) is 1. The van der Waals surface area contributed by atoms with E-state index in [2.05, 4.69) is 9.97 Å². The van der Waals surface area contributed by atoms with Gasteiger partial charge in [0.25, 0.3) is 10.2 Å². The summed E-state index contributed by atoms with van der Waals surface area (Å²) in [5.41, 5.74) is 1.88. The van der Waals surface area contributed by atoms with Crippen molar-refractivity contribution in [2.75, 3.05) is 33.2 Å². The zero-order valence-corrected chi connectivity index (χ0v) is 18.4. The molecule has 0 bridgehead atoms. The van der Waals surface area contributed by atoms with Crippen LogP contribution in [0.4, 0.5) is 0 Å². The van der Waals surface area contributed by atoms with Crippen LogP contribution in [0.3, 0.4) is 0 Å². The number of hydrogen-bond donors (Lipinski definition) is 1. The fraction of sp³-hybridized carbons (Fsp3) is 0.619. The van der Waals surface area contributed by atoms with E-state index in [1.807, 2.05) is 24.3 Å². The van der Waals surface area contributed by atoms with Gasteiger partial charge in [-0.2, -0.15) is 17.0 Å². The maximum Gasteiger partial charge on any atom is 0.282 e. The van der Waals surface area contributed by atoms with Gasteiger partial charge in [0, 0.05) is 52.1 Å². The van der Waals surface area contributed by atoms with Crippen LogP contribution in [0, 0.1) is 0 Å². The van der Waals surface area contributed by atoms with E-state index in [4.69, 9.17) is 0 Å². The number of aryl methyl sites for hydroxylation is 1. The molecule has 1 saturated carbocycles. The van der Waals surface area contributed by atoms with Gasteiger partial charge in [-0.05, 0) is 25.0 Å². The van der Waals surface area contributed by atoms with Gasteiger partial charge in [-0.3, -0.25) is 4.79 Å². The first-order valence-electron chi connectivity index (χ1n) is 10.9. The summed E-state index contributed by atoms with van der Waals surface area (Å²) in [6, 6.07) is 7.91. The molecule has 2 aromatic rings. The number of amides is 1. The zero-order valence-electron chi connectivity index (χ0n) is 17.6. The number of fused-ring (bicyclic) bond motifs is 1. The van der Waals surface area contributed by atoms with Crippen molar-refractivity contribution in [1.29, 1.82) is 0 Å². The Morgan fingerprint density at radius 2 is 1.83 bits per heavy atom. The average molecular weight is 434 g/mol. The van der Waals surface area contributed by atoms with E-state index >= 15 is 0 Å². The SMILES string of the molecule is CN(C1CCCCC1)S(=O)(=O)N1CCN(C(=O)CCc2nc3ccccc3[nH]2)CC1. The lowest BCUT2D eigenvalue weighted by atomic mass is 9.96. The van der Waals surface area contributed by atoms with Crippen LogP contribution < -0.4 is 0 Å². The van der Waals surface area contributed by atoms with Gasteiger partial charge in [0.2, 0.25) is 5.91 Å². The Morgan fingerprint density at radius 1 is 1.13 bits per heavy atom. The molecule has 1 aromatic carbocycles. The van der Waals surface area contributed by atoms with Crippen molar-refractivity contribution < 1.29 is 13.2 Å². The number of aromatic amines is 1. The standard InChI is InChI=1S/C21H31N5O3S/c1-24(17-7-3-2-4-8-17)30(28,29)26-15-13-25(14-16-26)21(27)12-11-20-22-18-9-5-6-10-19(18)23-20/h5-6,9-10,17H,2-4,7-8,11-16H2,1H3,(H,22,23). The highest BCUT2D eigenvalue weighted by Crippen LogP contribution is 2.25. The van der Waals surface area contributed by atoms with Crippen molar-refractivity contribution >= 4 is 27.1 Å². The highest BCUT2D eigenvalue weighted by molar-refractivity contribution is 7.86. The Labute approximate surface area is 178 Å². The molecule has 164 valence electrons. The second-order valence-electron chi connectivity index (χ2n) is 8.30. The van der Waals surface area contributed by atoms with Gasteiger partial charge in [0.15, 0.2) is 0 Å². The van der Waals surface area contributed by atoms with Crippen LogP contribution in [-0.2, 0) is 21.4 Å². The molecule has 0 atom stereocenters. The van der Waals surface area contributed by atoms with Crippen molar-refractivity contribution in [2.24, 2.45) is 0 Å². The number of carbonyl (C=O) groups is 1. The Kier molecular flexibility index (Phi) is 6.40. The first-order valence-corrected chi connectivity index (χ1v) is 12.3. The lowest BCUT2D eigenvalue weighted by molar-refractivity contribution is -0.132. The van der Waals surface area contributed by atoms with E-state index in [-0.39, 0.29) is 11.9 Å². The molecule has 1 aliphatic heterocycles. The number of aromatic nitrogens is 2. The summed E-state index contributed by atoms with van der Waals surface area (Å²) < 4.78 is 29.1. The van der Waals surface area contributed by atoms with E-state index < -0.39 is 10.2 Å². The van der Waals surface area contributed by atoms with Gasteiger partial charge in [-0.25, -0.2) is 4.98 Å². The molecule has 2 heterocycles. The maximum atomic E-state index is 13.0. The molecule has 9 heteroatoms. The van der Waals surface area contributed by atoms with Gasteiger partial charge >= 0.3 is 0 Å². The van der Waals surface area contributed by atoms with Crippen LogP contribution >= 0.6 is 0 Å². The van der Waals surface area contributed by atoms with Crippen LogP contribution in [0.2, 0.25) is 0 Å². The van der Waals surface area contributed by atoms with Gasteiger partial charge < -0.3 is 9.88 Å². The number of imidazole rings is 1. The molecule has 2 aliphatic rings. The minimum atomic E-state index is -3.47. The van der Waals surface area contributed by atoms with Crippen LogP contribution in [0.1, 0.15) is 44.3 Å². The molecule has 0 unspecified atom stereocenters. The predicted molar refractivity (Wildman–Crippen MR) is 116 cm³/mol. The minimum absolute atomic E-state index is 0.0492. The Bertz CT molecular complexity index is 942. The summed E-state index contributed by atoms with van der Waals surface area (Å²) in [7, 11) is -1.76. The third kappa shape index (κ3) is 4.53. The molecule has 30 heavy (non-hydrogen) atoms. The molecule has 1 amide bonds. The number of para-hydroxylation sites is 2. The molecule has 1 aromatic heterocycles. The fourth-order valence-corrected chi connectivity index (χ4v) is 6.07. The van der Waals surface area contributed by atoms with E-state index in [1.165, 1.54) is 10.7 Å². The first kappa shape index (κ1) is 21.3. The number of nitrogens with zero attached hydrogens (tertiary/aromatic N) is 4. The highest BCUT2D eigenvalue weighted by atomic mass is 32.2. The largest absolute Gasteiger partial charge is 0.342 e. The van der Waals surface area contributed by atoms with Crippen LogP contribution in [-0.4, -0.2) is 77.1 Å². The summed E-state index contributed by atoms with van der Waals surface area (Å²) in [6.45, 7) is 1.60. The molecule has 2 fully saturated rings. The zero-order chi connectivity index (χ0) is 21.1. The van der Waals surface area contributed by atoms with Gasteiger partial charge in [0.1, 0.15) is 5.82 Å². The van der Waals surface area contributed by atoms with Crippen LogP contribution in [0.15, 0.2) is 24.3 Å². The Balaban J connectivity index is 1.28. The molecular weight excluding hydrogens is 402 g/mol. The van der Waals surface area contributed by atoms with Crippen LogP contribution in [0.5, 0.6) is 0 Å². The smallest absolute Gasteiger partial charge is 0.282 e. The summed E-state index contributed by atoms with van der Waals surface area (Å²) in [6.07, 6.45) is 6.19. The molecular formula is C21H31N5O3S. The molecule has 4 rings (SSSR count). The van der Waals surface area contributed by atoms with E-state index in [9.17, 15) is 13.2 Å². The third-order valence-corrected chi connectivity index (χ3v) is 8.43. The second-order valence-corrected chi connectivity index (χ2v) is 10.3. The van der Waals surface area contributed by atoms with Crippen molar-refractivity contribution in [3.63, 3.8) is 0 Å². The third-order valence-electron chi connectivity index (χ3n) is 6.38. The van der Waals surface area contributed by atoms with Crippen molar-refractivity contribution in [3.8, 4) is 0 Å².